The molecule has 1 aliphatic heterocycles. The van der Waals surface area contributed by atoms with Crippen molar-refractivity contribution in [1.82, 2.24) is 5.32 Å². The molecule has 0 aliphatic carbocycles. The van der Waals surface area contributed by atoms with Gasteiger partial charge in [0.15, 0.2) is 0 Å². The molecule has 0 spiro atoms. The molecule has 0 bridgehead atoms. The number of hydrogen-bond donors (Lipinski definition) is 1. The summed E-state index contributed by atoms with van der Waals surface area (Å²) >= 11 is 0. The van der Waals surface area contributed by atoms with Crippen LogP contribution in [0.3, 0.4) is 0 Å². The highest BCUT2D eigenvalue weighted by Gasteiger charge is 2.15. The van der Waals surface area contributed by atoms with Crippen LogP contribution in [0.5, 0.6) is 5.75 Å². The van der Waals surface area contributed by atoms with Crippen molar-refractivity contribution >= 4 is 5.91 Å². The average molecular weight is 311 g/mol. The van der Waals surface area contributed by atoms with Gasteiger partial charge >= 0.3 is 0 Å². The van der Waals surface area contributed by atoms with Gasteiger partial charge in [0, 0.05) is 18.7 Å². The van der Waals surface area contributed by atoms with Gasteiger partial charge in [0.2, 0.25) is 0 Å². The Morgan fingerprint density at radius 2 is 1.91 bits per heavy atom. The van der Waals surface area contributed by atoms with Crippen LogP contribution in [0.1, 0.15) is 28.8 Å². The molecule has 0 aromatic heterocycles. The second-order valence-corrected chi connectivity index (χ2v) is 5.64. The lowest BCUT2D eigenvalue weighted by Crippen LogP contribution is -2.22. The standard InChI is InChI=1S/C19H21NO3/c21-19(16-5-2-1-3-6-16)20-13-15-8-10-17(11-9-15)23-14-18-7-4-12-22-18/h1-3,5-6,8-11,18H,4,7,12-14H2,(H,20,21). The van der Waals surface area contributed by atoms with Crippen molar-refractivity contribution in [3.63, 3.8) is 0 Å². The van der Waals surface area contributed by atoms with E-state index in [4.69, 9.17) is 9.47 Å². The molecule has 2 aromatic carbocycles. The molecule has 1 unspecified atom stereocenters. The van der Waals surface area contributed by atoms with Gasteiger partial charge < -0.3 is 14.8 Å². The maximum absolute atomic E-state index is 12.0. The number of carbonyl (C=O) groups is 1. The summed E-state index contributed by atoms with van der Waals surface area (Å²) in [4.78, 5) is 12.0. The van der Waals surface area contributed by atoms with E-state index in [0.29, 0.717) is 18.7 Å². The molecule has 1 atom stereocenters. The Balaban J connectivity index is 1.46. The number of nitrogens with one attached hydrogen (secondary N) is 1. The van der Waals surface area contributed by atoms with Gasteiger partial charge in [0.25, 0.3) is 5.91 Å². The summed E-state index contributed by atoms with van der Waals surface area (Å²) in [5, 5.41) is 2.91. The molecule has 4 heteroatoms. The fourth-order valence-corrected chi connectivity index (χ4v) is 2.54. The maximum atomic E-state index is 12.0. The third kappa shape index (κ3) is 4.57. The topological polar surface area (TPSA) is 47.6 Å². The third-order valence-corrected chi connectivity index (χ3v) is 3.87. The van der Waals surface area contributed by atoms with Crippen LogP contribution in [0.4, 0.5) is 0 Å². The van der Waals surface area contributed by atoms with Crippen molar-refractivity contribution in [2.24, 2.45) is 0 Å². The van der Waals surface area contributed by atoms with Crippen LogP contribution in [0.25, 0.3) is 0 Å². The molecule has 1 aliphatic rings. The lowest BCUT2D eigenvalue weighted by molar-refractivity contribution is 0.0679. The summed E-state index contributed by atoms with van der Waals surface area (Å²) in [6.07, 6.45) is 2.41. The second kappa shape index (κ2) is 7.79. The monoisotopic (exact) mass is 311 g/mol. The first kappa shape index (κ1) is 15.6. The van der Waals surface area contributed by atoms with Gasteiger partial charge in [0.05, 0.1) is 6.10 Å². The van der Waals surface area contributed by atoms with Crippen molar-refractivity contribution in [2.75, 3.05) is 13.2 Å². The molecule has 1 heterocycles. The highest BCUT2D eigenvalue weighted by molar-refractivity contribution is 5.94. The molecule has 0 radical (unpaired) electrons. The first-order valence-corrected chi connectivity index (χ1v) is 7.98. The van der Waals surface area contributed by atoms with Gasteiger partial charge in [-0.1, -0.05) is 30.3 Å². The molecule has 4 nitrogen and oxygen atoms in total. The lowest BCUT2D eigenvalue weighted by atomic mass is 10.2. The fourth-order valence-electron chi connectivity index (χ4n) is 2.54. The number of ether oxygens (including phenoxy) is 2. The summed E-state index contributed by atoms with van der Waals surface area (Å²) in [5.41, 5.74) is 1.71. The molecule has 1 N–H and O–H groups in total. The lowest BCUT2D eigenvalue weighted by Gasteiger charge is -2.12. The van der Waals surface area contributed by atoms with E-state index in [0.717, 1.165) is 30.8 Å². The van der Waals surface area contributed by atoms with E-state index in [1.54, 1.807) is 12.1 Å². The summed E-state index contributed by atoms with van der Waals surface area (Å²) in [5.74, 6) is 0.767. The number of hydrogen-bond acceptors (Lipinski definition) is 3. The summed E-state index contributed by atoms with van der Waals surface area (Å²) < 4.78 is 11.3. The highest BCUT2D eigenvalue weighted by atomic mass is 16.5. The zero-order valence-electron chi connectivity index (χ0n) is 13.0. The zero-order chi connectivity index (χ0) is 15.9. The van der Waals surface area contributed by atoms with Gasteiger partial charge in [-0.3, -0.25) is 4.79 Å². The Hall–Kier alpha value is -2.33. The van der Waals surface area contributed by atoms with Crippen LogP contribution >= 0.6 is 0 Å². The molecule has 23 heavy (non-hydrogen) atoms. The van der Waals surface area contributed by atoms with Crippen LogP contribution in [0.15, 0.2) is 54.6 Å². The van der Waals surface area contributed by atoms with E-state index in [9.17, 15) is 4.79 Å². The van der Waals surface area contributed by atoms with Crippen molar-refractivity contribution in [3.05, 3.63) is 65.7 Å². The predicted molar refractivity (Wildman–Crippen MR) is 88.5 cm³/mol. The van der Waals surface area contributed by atoms with Crippen LogP contribution in [-0.2, 0) is 11.3 Å². The van der Waals surface area contributed by atoms with Gasteiger partial charge in [-0.2, -0.15) is 0 Å². The Kier molecular flexibility index (Phi) is 5.27. The van der Waals surface area contributed by atoms with Crippen molar-refractivity contribution in [1.29, 1.82) is 0 Å². The van der Waals surface area contributed by atoms with E-state index in [2.05, 4.69) is 5.32 Å². The molecule has 1 saturated heterocycles. The molecule has 3 rings (SSSR count). The largest absolute Gasteiger partial charge is 0.491 e. The number of rotatable bonds is 6. The number of carbonyl (C=O) groups excluding carboxylic acids is 1. The van der Waals surface area contributed by atoms with E-state index >= 15 is 0 Å². The minimum Gasteiger partial charge on any atom is -0.491 e. The first-order valence-electron chi connectivity index (χ1n) is 7.98. The Morgan fingerprint density at radius 3 is 2.61 bits per heavy atom. The van der Waals surface area contributed by atoms with Crippen molar-refractivity contribution in [2.45, 2.75) is 25.5 Å². The predicted octanol–water partition coefficient (Wildman–Crippen LogP) is 3.17. The zero-order valence-corrected chi connectivity index (χ0v) is 13.0. The Bertz CT molecular complexity index is 619. The fraction of sp³-hybridized carbons (Fsp3) is 0.316. The molecular formula is C19H21NO3. The quantitative estimate of drug-likeness (QED) is 0.891. The normalized spacial score (nSPS) is 17.0. The molecule has 0 saturated carbocycles. The van der Waals surface area contributed by atoms with Crippen LogP contribution in [0, 0.1) is 0 Å². The van der Waals surface area contributed by atoms with Gasteiger partial charge in [0.1, 0.15) is 12.4 Å². The summed E-state index contributed by atoms with van der Waals surface area (Å²) in [7, 11) is 0. The van der Waals surface area contributed by atoms with Gasteiger partial charge in [-0.25, -0.2) is 0 Å². The Labute approximate surface area is 136 Å². The van der Waals surface area contributed by atoms with Crippen molar-refractivity contribution in [3.8, 4) is 5.75 Å². The molecular weight excluding hydrogens is 290 g/mol. The number of amides is 1. The molecule has 1 fully saturated rings. The maximum Gasteiger partial charge on any atom is 0.251 e. The Morgan fingerprint density at radius 1 is 1.13 bits per heavy atom. The smallest absolute Gasteiger partial charge is 0.251 e. The summed E-state index contributed by atoms with van der Waals surface area (Å²) in [6, 6.07) is 17.0. The average Bonchev–Trinajstić information content (AvgIpc) is 3.13. The minimum atomic E-state index is -0.0655. The minimum absolute atomic E-state index is 0.0655. The van der Waals surface area contributed by atoms with Crippen molar-refractivity contribution < 1.29 is 14.3 Å². The van der Waals surface area contributed by atoms with E-state index in [1.165, 1.54) is 0 Å². The molecule has 2 aromatic rings. The van der Waals surface area contributed by atoms with Gasteiger partial charge in [-0.15, -0.1) is 0 Å². The third-order valence-electron chi connectivity index (χ3n) is 3.87. The highest BCUT2D eigenvalue weighted by Crippen LogP contribution is 2.16. The van der Waals surface area contributed by atoms with Gasteiger partial charge in [-0.05, 0) is 42.7 Å². The SMILES string of the molecule is O=C(NCc1ccc(OCC2CCCO2)cc1)c1ccccc1. The van der Waals surface area contributed by atoms with E-state index in [-0.39, 0.29) is 12.0 Å². The number of benzene rings is 2. The van der Waals surface area contributed by atoms with Crippen LogP contribution in [0.2, 0.25) is 0 Å². The van der Waals surface area contributed by atoms with Crippen LogP contribution in [-0.4, -0.2) is 25.2 Å². The molecule has 1 amide bonds. The molecule has 120 valence electrons. The first-order chi connectivity index (χ1) is 11.3. The summed E-state index contributed by atoms with van der Waals surface area (Å²) in [6.45, 7) is 1.94. The van der Waals surface area contributed by atoms with Crippen LogP contribution < -0.4 is 10.1 Å². The second-order valence-electron chi connectivity index (χ2n) is 5.64. The van der Waals surface area contributed by atoms with E-state index in [1.807, 2.05) is 42.5 Å². The van der Waals surface area contributed by atoms with E-state index < -0.39 is 0 Å².